The van der Waals surface area contributed by atoms with Crippen molar-refractivity contribution >= 4 is 34.3 Å². The summed E-state index contributed by atoms with van der Waals surface area (Å²) in [4.78, 5) is 42.2. The Balaban J connectivity index is 1.56. The van der Waals surface area contributed by atoms with E-state index in [0.717, 1.165) is 16.2 Å². The number of carbonyl (C=O) groups excluding carboxylic acids is 3. The van der Waals surface area contributed by atoms with Gasteiger partial charge in [-0.3, -0.25) is 14.5 Å². The van der Waals surface area contributed by atoms with Gasteiger partial charge in [0.1, 0.15) is 6.04 Å². The number of methoxy groups -OCH3 is 2. The molecular weight excluding hydrogens is 396 g/mol. The van der Waals surface area contributed by atoms with E-state index in [2.05, 4.69) is 15.6 Å². The molecule has 1 aliphatic heterocycles. The Labute approximate surface area is 172 Å². The van der Waals surface area contributed by atoms with Gasteiger partial charge in [-0.1, -0.05) is 6.07 Å². The highest BCUT2D eigenvalue weighted by atomic mass is 32.1. The lowest BCUT2D eigenvalue weighted by molar-refractivity contribution is -0.129. The van der Waals surface area contributed by atoms with Gasteiger partial charge in [0.15, 0.2) is 16.6 Å². The van der Waals surface area contributed by atoms with Crippen LogP contribution in [0.5, 0.6) is 11.5 Å². The average molecular weight is 418 g/mol. The second-order valence-corrected chi connectivity index (χ2v) is 7.34. The summed E-state index contributed by atoms with van der Waals surface area (Å²) >= 11 is 1.30. The molecular formula is C19H22N4O5S. The molecule has 0 spiro atoms. The molecule has 154 valence electrons. The molecule has 4 amide bonds. The van der Waals surface area contributed by atoms with Gasteiger partial charge in [0.25, 0.3) is 5.91 Å². The lowest BCUT2D eigenvalue weighted by atomic mass is 10.1. The van der Waals surface area contributed by atoms with Crippen molar-refractivity contribution in [2.75, 3.05) is 26.1 Å². The maximum Gasteiger partial charge on any atom is 0.324 e. The SMILES string of the molecule is COc1ccc(CCN2C(=O)NC(CC(=O)Nc3nc(C)cs3)C2=O)cc1OC. The van der Waals surface area contributed by atoms with Crippen LogP contribution in [-0.4, -0.2) is 54.5 Å². The Kier molecular flexibility index (Phi) is 6.32. The third kappa shape index (κ3) is 4.83. The molecule has 3 rings (SSSR count). The number of hydrogen-bond donors (Lipinski definition) is 2. The van der Waals surface area contributed by atoms with Crippen LogP contribution in [0, 0.1) is 6.92 Å². The minimum absolute atomic E-state index is 0.143. The van der Waals surface area contributed by atoms with E-state index >= 15 is 0 Å². The minimum atomic E-state index is -0.881. The quantitative estimate of drug-likeness (QED) is 0.634. The summed E-state index contributed by atoms with van der Waals surface area (Å²) in [5.74, 6) is 0.391. The zero-order valence-corrected chi connectivity index (χ0v) is 17.2. The number of benzene rings is 1. The van der Waals surface area contributed by atoms with E-state index in [0.29, 0.717) is 23.1 Å². The molecule has 1 saturated heterocycles. The molecule has 0 aliphatic carbocycles. The number of rotatable bonds is 8. The summed E-state index contributed by atoms with van der Waals surface area (Å²) < 4.78 is 10.5. The molecule has 29 heavy (non-hydrogen) atoms. The van der Waals surface area contributed by atoms with E-state index in [1.165, 1.54) is 11.3 Å². The van der Waals surface area contributed by atoms with Crippen LogP contribution in [-0.2, 0) is 16.0 Å². The highest BCUT2D eigenvalue weighted by Crippen LogP contribution is 2.28. The lowest BCUT2D eigenvalue weighted by Crippen LogP contribution is -2.34. The predicted octanol–water partition coefficient (Wildman–Crippen LogP) is 1.96. The van der Waals surface area contributed by atoms with Crippen molar-refractivity contribution in [1.82, 2.24) is 15.2 Å². The fourth-order valence-electron chi connectivity index (χ4n) is 2.97. The molecule has 0 bridgehead atoms. The van der Waals surface area contributed by atoms with Crippen molar-refractivity contribution in [3.05, 3.63) is 34.8 Å². The largest absolute Gasteiger partial charge is 0.493 e. The van der Waals surface area contributed by atoms with Crippen LogP contribution in [0.3, 0.4) is 0 Å². The monoisotopic (exact) mass is 418 g/mol. The number of anilines is 1. The summed E-state index contributed by atoms with van der Waals surface area (Å²) in [6.07, 6.45) is 0.312. The summed E-state index contributed by atoms with van der Waals surface area (Å²) in [7, 11) is 3.10. The van der Waals surface area contributed by atoms with Crippen molar-refractivity contribution < 1.29 is 23.9 Å². The number of nitrogens with one attached hydrogen (secondary N) is 2. The van der Waals surface area contributed by atoms with Gasteiger partial charge in [0, 0.05) is 11.9 Å². The van der Waals surface area contributed by atoms with Crippen molar-refractivity contribution in [3.63, 3.8) is 0 Å². The van der Waals surface area contributed by atoms with E-state index < -0.39 is 18.0 Å². The molecule has 1 aromatic carbocycles. The number of urea groups is 1. The normalized spacial score (nSPS) is 16.0. The minimum Gasteiger partial charge on any atom is -0.493 e. The van der Waals surface area contributed by atoms with Crippen LogP contribution in [0.15, 0.2) is 23.6 Å². The molecule has 2 heterocycles. The predicted molar refractivity (Wildman–Crippen MR) is 107 cm³/mol. The highest BCUT2D eigenvalue weighted by Gasteiger charge is 2.38. The number of thiazole rings is 1. The van der Waals surface area contributed by atoms with Gasteiger partial charge in [0.05, 0.1) is 26.3 Å². The van der Waals surface area contributed by atoms with Crippen LogP contribution in [0.2, 0.25) is 0 Å². The molecule has 0 saturated carbocycles. The smallest absolute Gasteiger partial charge is 0.324 e. The molecule has 2 N–H and O–H groups in total. The maximum absolute atomic E-state index is 12.6. The standard InChI is InChI=1S/C19H22N4O5S/c1-11-10-29-18(20-11)22-16(24)9-13-17(25)23(19(26)21-13)7-6-12-4-5-14(27-2)15(8-12)28-3/h4-5,8,10,13H,6-7,9H2,1-3H3,(H,21,26)(H,20,22,24). The molecule has 1 aliphatic rings. The third-order valence-electron chi connectivity index (χ3n) is 4.43. The van der Waals surface area contributed by atoms with Crippen LogP contribution < -0.4 is 20.1 Å². The number of imide groups is 1. The molecule has 1 fully saturated rings. The van der Waals surface area contributed by atoms with Gasteiger partial charge in [-0.25, -0.2) is 9.78 Å². The molecule has 1 atom stereocenters. The number of ether oxygens (including phenoxy) is 2. The molecule has 2 aromatic rings. The van der Waals surface area contributed by atoms with E-state index in [9.17, 15) is 14.4 Å². The van der Waals surface area contributed by atoms with E-state index in [-0.39, 0.29) is 18.9 Å². The highest BCUT2D eigenvalue weighted by molar-refractivity contribution is 7.13. The van der Waals surface area contributed by atoms with Crippen molar-refractivity contribution in [2.45, 2.75) is 25.8 Å². The summed E-state index contributed by atoms with van der Waals surface area (Å²) in [5, 5.41) is 7.49. The Morgan fingerprint density at radius 1 is 1.28 bits per heavy atom. The van der Waals surface area contributed by atoms with E-state index in [1.807, 2.05) is 18.4 Å². The van der Waals surface area contributed by atoms with Crippen LogP contribution in [0.1, 0.15) is 17.7 Å². The molecule has 10 heteroatoms. The fourth-order valence-corrected chi connectivity index (χ4v) is 3.68. The Morgan fingerprint density at radius 3 is 2.69 bits per heavy atom. The van der Waals surface area contributed by atoms with Crippen molar-refractivity contribution in [3.8, 4) is 11.5 Å². The molecule has 0 radical (unpaired) electrons. The second kappa shape index (κ2) is 8.91. The lowest BCUT2D eigenvalue weighted by Gasteiger charge is -2.14. The molecule has 9 nitrogen and oxygen atoms in total. The van der Waals surface area contributed by atoms with Gasteiger partial charge in [-0.15, -0.1) is 11.3 Å². The Morgan fingerprint density at radius 2 is 2.03 bits per heavy atom. The average Bonchev–Trinajstić information content (AvgIpc) is 3.22. The fraction of sp³-hybridized carbons (Fsp3) is 0.368. The zero-order valence-electron chi connectivity index (χ0n) is 16.4. The number of nitrogens with zero attached hydrogens (tertiary/aromatic N) is 2. The van der Waals surface area contributed by atoms with Crippen molar-refractivity contribution in [2.24, 2.45) is 0 Å². The first kappa shape index (κ1) is 20.6. The van der Waals surface area contributed by atoms with E-state index in [1.54, 1.807) is 26.4 Å². The van der Waals surface area contributed by atoms with Gasteiger partial charge in [0.2, 0.25) is 5.91 Å². The Hall–Kier alpha value is -3.14. The maximum atomic E-state index is 12.6. The van der Waals surface area contributed by atoms with Gasteiger partial charge < -0.3 is 20.1 Å². The molecule has 1 aromatic heterocycles. The number of aryl methyl sites for hydroxylation is 1. The first-order valence-electron chi connectivity index (χ1n) is 8.96. The van der Waals surface area contributed by atoms with E-state index in [4.69, 9.17) is 9.47 Å². The van der Waals surface area contributed by atoms with Crippen LogP contribution in [0.4, 0.5) is 9.93 Å². The van der Waals surface area contributed by atoms with Crippen molar-refractivity contribution in [1.29, 1.82) is 0 Å². The van der Waals surface area contributed by atoms with Gasteiger partial charge in [-0.05, 0) is 31.0 Å². The molecule has 1 unspecified atom stereocenters. The number of hydrogen-bond acceptors (Lipinski definition) is 7. The first-order valence-corrected chi connectivity index (χ1v) is 9.84. The summed E-state index contributed by atoms with van der Waals surface area (Å²) in [6.45, 7) is 2.02. The second-order valence-electron chi connectivity index (χ2n) is 6.48. The zero-order chi connectivity index (χ0) is 21.0. The van der Waals surface area contributed by atoms with Gasteiger partial charge in [-0.2, -0.15) is 0 Å². The topological polar surface area (TPSA) is 110 Å². The number of carbonyl (C=O) groups is 3. The Bertz CT molecular complexity index is 929. The number of amides is 4. The summed E-state index contributed by atoms with van der Waals surface area (Å²) in [6, 6.07) is 4.04. The first-order chi connectivity index (χ1) is 13.9. The van der Waals surface area contributed by atoms with Crippen LogP contribution in [0.25, 0.3) is 0 Å². The van der Waals surface area contributed by atoms with Gasteiger partial charge >= 0.3 is 6.03 Å². The van der Waals surface area contributed by atoms with Crippen LogP contribution >= 0.6 is 11.3 Å². The number of aromatic nitrogens is 1. The third-order valence-corrected chi connectivity index (χ3v) is 5.31. The summed E-state index contributed by atoms with van der Waals surface area (Å²) in [5.41, 5.74) is 1.69.